The largest absolute Gasteiger partial charge is 0.496 e. The number of esters is 1. The fourth-order valence-electron chi connectivity index (χ4n) is 3.98. The first-order chi connectivity index (χ1) is 16.0. The van der Waals surface area contributed by atoms with E-state index < -0.39 is 5.97 Å². The van der Waals surface area contributed by atoms with E-state index >= 15 is 0 Å². The zero-order chi connectivity index (χ0) is 23.6. The summed E-state index contributed by atoms with van der Waals surface area (Å²) in [5.41, 5.74) is 4.21. The van der Waals surface area contributed by atoms with Crippen LogP contribution in [0.15, 0.2) is 48.0 Å². The molecule has 1 unspecified atom stereocenters. The molecule has 1 atom stereocenters. The summed E-state index contributed by atoms with van der Waals surface area (Å²) in [6.45, 7) is 5.58. The maximum Gasteiger partial charge on any atom is 0.342 e. The zero-order valence-electron chi connectivity index (χ0n) is 20.1. The number of rotatable bonds is 9. The number of carbonyl (C=O) groups is 1. The predicted octanol–water partition coefficient (Wildman–Crippen LogP) is 5.68. The van der Waals surface area contributed by atoms with Crippen LogP contribution in [0.25, 0.3) is 12.2 Å². The second kappa shape index (κ2) is 12.3. The number of benzene rings is 2. The molecule has 1 saturated heterocycles. The van der Waals surface area contributed by atoms with E-state index in [2.05, 4.69) is 25.2 Å². The number of allylic oxidation sites excluding steroid dienone is 2. The third-order valence-corrected chi connectivity index (χ3v) is 5.79. The van der Waals surface area contributed by atoms with E-state index in [0.29, 0.717) is 35.7 Å². The molecule has 3 rings (SSSR count). The third kappa shape index (κ3) is 6.72. The minimum atomic E-state index is -0.421. The van der Waals surface area contributed by atoms with Gasteiger partial charge in [0.05, 0.1) is 14.2 Å². The molecule has 1 heterocycles. The van der Waals surface area contributed by atoms with Gasteiger partial charge in [-0.3, -0.25) is 0 Å². The Morgan fingerprint density at radius 2 is 1.91 bits per heavy atom. The van der Waals surface area contributed by atoms with Crippen LogP contribution in [0.1, 0.15) is 60.2 Å². The molecule has 5 heteroatoms. The van der Waals surface area contributed by atoms with Crippen LogP contribution >= 0.6 is 0 Å². The molecule has 2 aromatic rings. The molecular weight excluding hydrogens is 414 g/mol. The number of carbonyl (C=O) groups excluding carboxylic acids is 1. The Bertz CT molecular complexity index is 985. The molecule has 5 nitrogen and oxygen atoms in total. The molecule has 1 N–H and O–H groups in total. The first-order valence-electron chi connectivity index (χ1n) is 11.6. The average Bonchev–Trinajstić information content (AvgIpc) is 2.85. The second-order valence-corrected chi connectivity index (χ2v) is 8.53. The topological polar surface area (TPSA) is 56.8 Å². The Kier molecular flexibility index (Phi) is 9.14. The molecule has 0 amide bonds. The highest BCUT2D eigenvalue weighted by molar-refractivity contribution is 5.99. The van der Waals surface area contributed by atoms with Crippen LogP contribution in [0.3, 0.4) is 0 Å². The van der Waals surface area contributed by atoms with Gasteiger partial charge >= 0.3 is 5.97 Å². The quantitative estimate of drug-likeness (QED) is 0.303. The lowest BCUT2D eigenvalue weighted by molar-refractivity contribution is 0.0594. The molecular formula is C28H35NO4. The SMILES string of the molecule is COC(=O)c1c(/C=C/c2ccccc2)cc(OC)c(CC=C(C)C)c1OCC1CCCCN1. The Morgan fingerprint density at radius 1 is 1.12 bits per heavy atom. The normalized spacial score (nSPS) is 15.8. The summed E-state index contributed by atoms with van der Waals surface area (Å²) < 4.78 is 17.3. The molecule has 1 fully saturated rings. The van der Waals surface area contributed by atoms with Crippen LogP contribution in [0.5, 0.6) is 11.5 Å². The lowest BCUT2D eigenvalue weighted by Crippen LogP contribution is -2.38. The smallest absolute Gasteiger partial charge is 0.342 e. The van der Waals surface area contributed by atoms with Gasteiger partial charge in [-0.05, 0) is 56.8 Å². The van der Waals surface area contributed by atoms with E-state index in [-0.39, 0.29) is 6.04 Å². The summed E-state index contributed by atoms with van der Waals surface area (Å²) in [6, 6.07) is 12.1. The summed E-state index contributed by atoms with van der Waals surface area (Å²) in [4.78, 5) is 13.0. The van der Waals surface area contributed by atoms with Gasteiger partial charge in [0, 0.05) is 11.6 Å². The van der Waals surface area contributed by atoms with E-state index in [1.165, 1.54) is 25.5 Å². The van der Waals surface area contributed by atoms with E-state index in [1.54, 1.807) is 7.11 Å². The van der Waals surface area contributed by atoms with E-state index in [9.17, 15) is 4.79 Å². The highest BCUT2D eigenvalue weighted by atomic mass is 16.5. The van der Waals surface area contributed by atoms with E-state index in [4.69, 9.17) is 14.2 Å². The second-order valence-electron chi connectivity index (χ2n) is 8.53. The number of ether oxygens (including phenoxy) is 3. The molecule has 0 bridgehead atoms. The van der Waals surface area contributed by atoms with Crippen molar-refractivity contribution < 1.29 is 19.0 Å². The van der Waals surface area contributed by atoms with Gasteiger partial charge < -0.3 is 19.5 Å². The fraction of sp³-hybridized carbons (Fsp3) is 0.393. The number of hydrogen-bond acceptors (Lipinski definition) is 5. The monoisotopic (exact) mass is 449 g/mol. The molecule has 0 saturated carbocycles. The van der Waals surface area contributed by atoms with Crippen LogP contribution in [0.4, 0.5) is 0 Å². The van der Waals surface area contributed by atoms with Crippen molar-refractivity contribution in [2.75, 3.05) is 27.4 Å². The predicted molar refractivity (Wildman–Crippen MR) is 134 cm³/mol. The van der Waals surface area contributed by atoms with Crippen molar-refractivity contribution in [2.24, 2.45) is 0 Å². The maximum absolute atomic E-state index is 13.0. The molecule has 33 heavy (non-hydrogen) atoms. The van der Waals surface area contributed by atoms with Crippen LogP contribution in [0.2, 0.25) is 0 Å². The highest BCUT2D eigenvalue weighted by Gasteiger charge is 2.25. The highest BCUT2D eigenvalue weighted by Crippen LogP contribution is 2.38. The average molecular weight is 450 g/mol. The Balaban J connectivity index is 2.10. The van der Waals surface area contributed by atoms with Crippen molar-refractivity contribution in [1.82, 2.24) is 5.32 Å². The molecule has 0 radical (unpaired) electrons. The van der Waals surface area contributed by atoms with Crippen molar-refractivity contribution in [1.29, 1.82) is 0 Å². The minimum absolute atomic E-state index is 0.259. The molecule has 1 aliphatic rings. The van der Waals surface area contributed by atoms with E-state index in [0.717, 1.165) is 24.1 Å². The van der Waals surface area contributed by atoms with Crippen molar-refractivity contribution in [3.63, 3.8) is 0 Å². The Hall–Kier alpha value is -3.05. The van der Waals surface area contributed by atoms with Crippen molar-refractivity contribution in [2.45, 2.75) is 45.6 Å². The van der Waals surface area contributed by atoms with Crippen LogP contribution < -0.4 is 14.8 Å². The van der Waals surface area contributed by atoms with Gasteiger partial charge in [0.1, 0.15) is 23.7 Å². The molecule has 2 aromatic carbocycles. The van der Waals surface area contributed by atoms with Gasteiger partial charge in [-0.15, -0.1) is 0 Å². The molecule has 0 spiro atoms. The zero-order valence-corrected chi connectivity index (χ0v) is 20.1. The van der Waals surface area contributed by atoms with Crippen molar-refractivity contribution >= 4 is 18.1 Å². The third-order valence-electron chi connectivity index (χ3n) is 5.79. The van der Waals surface area contributed by atoms with Crippen LogP contribution in [-0.4, -0.2) is 39.4 Å². The lowest BCUT2D eigenvalue weighted by Gasteiger charge is -2.25. The number of nitrogens with one attached hydrogen (secondary N) is 1. The Labute approximate surface area is 197 Å². The lowest BCUT2D eigenvalue weighted by atomic mass is 9.97. The van der Waals surface area contributed by atoms with Gasteiger partial charge in [0.2, 0.25) is 0 Å². The maximum atomic E-state index is 13.0. The van der Waals surface area contributed by atoms with E-state index in [1.807, 2.05) is 48.6 Å². The summed E-state index contributed by atoms with van der Waals surface area (Å²) in [5, 5.41) is 3.51. The van der Waals surface area contributed by atoms with Crippen LogP contribution in [0, 0.1) is 0 Å². The molecule has 0 aliphatic carbocycles. The van der Waals surface area contributed by atoms with Gasteiger partial charge in [-0.25, -0.2) is 4.79 Å². The van der Waals surface area contributed by atoms with Crippen molar-refractivity contribution in [3.05, 3.63) is 70.3 Å². The standard InChI is InChI=1S/C28H35NO4/c1-20(2)13-16-24-25(31-3)18-22(15-14-21-10-6-5-7-11-21)26(28(30)32-4)27(24)33-19-23-12-8-9-17-29-23/h5-7,10-11,13-15,18,23,29H,8-9,12,16-17,19H2,1-4H3/b15-14+. The minimum Gasteiger partial charge on any atom is -0.496 e. The van der Waals surface area contributed by atoms with Gasteiger partial charge in [-0.1, -0.05) is 60.6 Å². The Morgan fingerprint density at radius 3 is 2.55 bits per heavy atom. The summed E-state index contributed by atoms with van der Waals surface area (Å²) in [7, 11) is 3.05. The summed E-state index contributed by atoms with van der Waals surface area (Å²) in [5.74, 6) is 0.814. The molecule has 176 valence electrons. The van der Waals surface area contributed by atoms with Crippen molar-refractivity contribution in [3.8, 4) is 11.5 Å². The number of hydrogen-bond donors (Lipinski definition) is 1. The number of piperidine rings is 1. The summed E-state index contributed by atoms with van der Waals surface area (Å²) >= 11 is 0. The van der Waals surface area contributed by atoms with Crippen LogP contribution in [-0.2, 0) is 11.2 Å². The van der Waals surface area contributed by atoms with Gasteiger partial charge in [-0.2, -0.15) is 0 Å². The first kappa shape index (κ1) is 24.6. The molecule has 1 aliphatic heterocycles. The summed E-state index contributed by atoms with van der Waals surface area (Å²) in [6.07, 6.45) is 10.0. The number of methoxy groups -OCH3 is 2. The molecule has 0 aromatic heterocycles. The first-order valence-corrected chi connectivity index (χ1v) is 11.6. The fourth-order valence-corrected chi connectivity index (χ4v) is 3.98. The van der Waals surface area contributed by atoms with Gasteiger partial charge in [0.25, 0.3) is 0 Å². The van der Waals surface area contributed by atoms with Gasteiger partial charge in [0.15, 0.2) is 0 Å².